The maximum absolute atomic E-state index is 5.86. The van der Waals surface area contributed by atoms with E-state index in [1.165, 1.54) is 24.0 Å². The zero-order chi connectivity index (χ0) is 9.26. The summed E-state index contributed by atoms with van der Waals surface area (Å²) in [5, 5.41) is 3.49. The highest BCUT2D eigenvalue weighted by molar-refractivity contribution is 5.51. The van der Waals surface area contributed by atoms with Gasteiger partial charge in [-0.3, -0.25) is 0 Å². The first-order valence-electron chi connectivity index (χ1n) is 4.87. The van der Waals surface area contributed by atoms with Crippen molar-refractivity contribution in [2.75, 3.05) is 12.3 Å². The minimum Gasteiger partial charge on any atom is -0.399 e. The van der Waals surface area contributed by atoms with Crippen LogP contribution in [0, 0.1) is 6.92 Å². The van der Waals surface area contributed by atoms with Crippen molar-refractivity contribution >= 4 is 5.69 Å². The summed E-state index contributed by atoms with van der Waals surface area (Å²) < 4.78 is 0. The third-order valence-electron chi connectivity index (χ3n) is 2.85. The summed E-state index contributed by atoms with van der Waals surface area (Å²) in [5.41, 5.74) is 9.38. The van der Waals surface area contributed by atoms with Crippen molar-refractivity contribution in [3.8, 4) is 0 Å². The van der Waals surface area contributed by atoms with Gasteiger partial charge < -0.3 is 11.1 Å². The zero-order valence-electron chi connectivity index (χ0n) is 8.01. The molecule has 0 aromatic heterocycles. The predicted molar refractivity (Wildman–Crippen MR) is 55.6 cm³/mol. The molecule has 0 bridgehead atoms. The van der Waals surface area contributed by atoms with Gasteiger partial charge in [-0.1, -0.05) is 12.1 Å². The van der Waals surface area contributed by atoms with Crippen LogP contribution in [0.3, 0.4) is 0 Å². The summed E-state index contributed by atoms with van der Waals surface area (Å²) in [5.74, 6) is 0. The van der Waals surface area contributed by atoms with Crippen molar-refractivity contribution in [2.45, 2.75) is 25.8 Å². The van der Waals surface area contributed by atoms with Gasteiger partial charge in [-0.05, 0) is 43.5 Å². The topological polar surface area (TPSA) is 38.0 Å². The lowest BCUT2D eigenvalue weighted by molar-refractivity contribution is 0.644. The molecule has 0 amide bonds. The average molecular weight is 176 g/mol. The number of rotatable bonds is 1. The maximum Gasteiger partial charge on any atom is 0.0347 e. The molecule has 70 valence electrons. The summed E-state index contributed by atoms with van der Waals surface area (Å²) in [4.78, 5) is 0. The second kappa shape index (κ2) is 3.38. The van der Waals surface area contributed by atoms with Crippen LogP contribution in [0.2, 0.25) is 0 Å². The van der Waals surface area contributed by atoms with Crippen LogP contribution in [0.25, 0.3) is 0 Å². The van der Waals surface area contributed by atoms with Gasteiger partial charge in [0.1, 0.15) is 0 Å². The fourth-order valence-corrected chi connectivity index (χ4v) is 2.00. The quantitative estimate of drug-likeness (QED) is 0.642. The number of hydrogen-bond donors (Lipinski definition) is 2. The van der Waals surface area contributed by atoms with E-state index in [1.807, 2.05) is 12.1 Å². The van der Waals surface area contributed by atoms with Crippen molar-refractivity contribution in [3.05, 3.63) is 29.3 Å². The number of hydrogen-bond acceptors (Lipinski definition) is 2. The van der Waals surface area contributed by atoms with Crippen LogP contribution >= 0.6 is 0 Å². The summed E-state index contributed by atoms with van der Waals surface area (Å²) >= 11 is 0. The Bertz CT molecular complexity index is 301. The zero-order valence-corrected chi connectivity index (χ0v) is 8.01. The normalized spacial score (nSPS) is 22.1. The molecule has 0 spiro atoms. The molecule has 1 saturated heterocycles. The van der Waals surface area contributed by atoms with Gasteiger partial charge in [-0.2, -0.15) is 0 Å². The lowest BCUT2D eigenvalue weighted by Crippen LogP contribution is -2.14. The Morgan fingerprint density at radius 3 is 3.00 bits per heavy atom. The molecule has 1 atom stereocenters. The highest BCUT2D eigenvalue weighted by Crippen LogP contribution is 2.28. The Morgan fingerprint density at radius 1 is 1.46 bits per heavy atom. The van der Waals surface area contributed by atoms with Gasteiger partial charge in [0, 0.05) is 11.7 Å². The number of nitrogens with one attached hydrogen (secondary N) is 1. The molecule has 0 saturated carbocycles. The molecule has 3 N–H and O–H groups in total. The minimum absolute atomic E-state index is 0.531. The summed E-state index contributed by atoms with van der Waals surface area (Å²) in [6.07, 6.45) is 2.52. The van der Waals surface area contributed by atoms with Crippen molar-refractivity contribution in [1.29, 1.82) is 0 Å². The van der Waals surface area contributed by atoms with Gasteiger partial charge >= 0.3 is 0 Å². The SMILES string of the molecule is Cc1c(N)cccc1[C@H]1CCCN1. The first kappa shape index (κ1) is 8.57. The van der Waals surface area contributed by atoms with Crippen LogP contribution in [-0.4, -0.2) is 6.54 Å². The number of nitrogen functional groups attached to an aromatic ring is 1. The van der Waals surface area contributed by atoms with E-state index in [2.05, 4.69) is 18.3 Å². The second-order valence-electron chi connectivity index (χ2n) is 3.71. The van der Waals surface area contributed by atoms with Crippen LogP contribution in [0.15, 0.2) is 18.2 Å². The molecule has 2 rings (SSSR count). The van der Waals surface area contributed by atoms with E-state index in [4.69, 9.17) is 5.73 Å². The molecule has 1 aromatic carbocycles. The molecule has 1 aromatic rings. The van der Waals surface area contributed by atoms with Gasteiger partial charge in [0.25, 0.3) is 0 Å². The molecule has 2 nitrogen and oxygen atoms in total. The van der Waals surface area contributed by atoms with E-state index in [0.29, 0.717) is 6.04 Å². The number of nitrogens with two attached hydrogens (primary N) is 1. The lowest BCUT2D eigenvalue weighted by atomic mass is 9.99. The average Bonchev–Trinajstić information content (AvgIpc) is 2.62. The molecular weight excluding hydrogens is 160 g/mol. The summed E-state index contributed by atoms with van der Waals surface area (Å²) in [6, 6.07) is 6.71. The van der Waals surface area contributed by atoms with E-state index < -0.39 is 0 Å². The largest absolute Gasteiger partial charge is 0.399 e. The van der Waals surface area contributed by atoms with Crippen LogP contribution in [0.4, 0.5) is 5.69 Å². The van der Waals surface area contributed by atoms with E-state index in [9.17, 15) is 0 Å². The Hall–Kier alpha value is -1.02. The highest BCUT2D eigenvalue weighted by Gasteiger charge is 2.17. The molecule has 13 heavy (non-hydrogen) atoms. The fourth-order valence-electron chi connectivity index (χ4n) is 2.00. The Labute approximate surface area is 79.1 Å². The van der Waals surface area contributed by atoms with Crippen molar-refractivity contribution < 1.29 is 0 Å². The third-order valence-corrected chi connectivity index (χ3v) is 2.85. The van der Waals surface area contributed by atoms with Gasteiger partial charge in [-0.15, -0.1) is 0 Å². The Balaban J connectivity index is 2.33. The molecule has 1 aliphatic heterocycles. The highest BCUT2D eigenvalue weighted by atomic mass is 14.9. The molecule has 1 heterocycles. The van der Waals surface area contributed by atoms with E-state index >= 15 is 0 Å². The second-order valence-corrected chi connectivity index (χ2v) is 3.71. The molecule has 1 aliphatic rings. The van der Waals surface area contributed by atoms with Gasteiger partial charge in [-0.25, -0.2) is 0 Å². The summed E-state index contributed by atoms with van der Waals surface area (Å²) in [7, 11) is 0. The monoisotopic (exact) mass is 176 g/mol. The van der Waals surface area contributed by atoms with Crippen LogP contribution in [0.5, 0.6) is 0 Å². The Morgan fingerprint density at radius 2 is 2.31 bits per heavy atom. The molecule has 1 fully saturated rings. The first-order chi connectivity index (χ1) is 6.29. The third kappa shape index (κ3) is 1.54. The molecule has 0 aliphatic carbocycles. The van der Waals surface area contributed by atoms with Gasteiger partial charge in [0.15, 0.2) is 0 Å². The van der Waals surface area contributed by atoms with Crippen LogP contribution in [0.1, 0.15) is 30.0 Å². The predicted octanol–water partition coefficient (Wildman–Crippen LogP) is 2.00. The first-order valence-corrected chi connectivity index (χ1v) is 4.87. The minimum atomic E-state index is 0.531. The molecular formula is C11H16N2. The van der Waals surface area contributed by atoms with Gasteiger partial charge in [0.2, 0.25) is 0 Å². The lowest BCUT2D eigenvalue weighted by Gasteiger charge is -2.14. The van der Waals surface area contributed by atoms with E-state index in [0.717, 1.165) is 12.2 Å². The standard InChI is InChI=1S/C11H16N2/c1-8-9(4-2-5-10(8)12)11-6-3-7-13-11/h2,4-5,11,13H,3,6-7,12H2,1H3/t11-/m1/s1. The van der Waals surface area contributed by atoms with Crippen molar-refractivity contribution in [1.82, 2.24) is 5.32 Å². The van der Waals surface area contributed by atoms with E-state index in [-0.39, 0.29) is 0 Å². The van der Waals surface area contributed by atoms with Crippen LogP contribution in [-0.2, 0) is 0 Å². The molecule has 0 radical (unpaired) electrons. The molecule has 2 heteroatoms. The maximum atomic E-state index is 5.86. The molecule has 0 unspecified atom stereocenters. The Kier molecular flexibility index (Phi) is 2.23. The summed E-state index contributed by atoms with van der Waals surface area (Å²) in [6.45, 7) is 3.24. The van der Waals surface area contributed by atoms with Crippen LogP contribution < -0.4 is 11.1 Å². The smallest absolute Gasteiger partial charge is 0.0347 e. The van der Waals surface area contributed by atoms with Crippen molar-refractivity contribution in [3.63, 3.8) is 0 Å². The fraction of sp³-hybridized carbons (Fsp3) is 0.455. The van der Waals surface area contributed by atoms with Crippen molar-refractivity contribution in [2.24, 2.45) is 0 Å². The number of anilines is 1. The van der Waals surface area contributed by atoms with E-state index in [1.54, 1.807) is 0 Å². The number of benzene rings is 1. The van der Waals surface area contributed by atoms with Gasteiger partial charge in [0.05, 0.1) is 0 Å².